The molecule has 1 aliphatic heterocycles. The molecule has 1 N–H and O–H groups in total. The molecule has 2 aromatic carbocycles. The molecule has 7 nitrogen and oxygen atoms in total. The molecule has 9 heteroatoms. The Balaban J connectivity index is 1.30. The number of hydrogen-bond donors (Lipinski definition) is 1. The fourth-order valence-corrected chi connectivity index (χ4v) is 5.77. The monoisotopic (exact) mass is 478 g/mol. The van der Waals surface area contributed by atoms with Crippen LogP contribution >= 0.6 is 23.1 Å². The Bertz CT molecular complexity index is 1250. The van der Waals surface area contributed by atoms with Crippen LogP contribution in [0.25, 0.3) is 15.9 Å². The van der Waals surface area contributed by atoms with Crippen LogP contribution in [0.2, 0.25) is 0 Å². The van der Waals surface area contributed by atoms with E-state index in [1.54, 1.807) is 0 Å². The molecule has 5 rings (SSSR count). The topological polar surface area (TPSA) is 75.9 Å². The van der Waals surface area contributed by atoms with Gasteiger partial charge in [-0.2, -0.15) is 0 Å². The number of amides is 1. The Labute approximate surface area is 201 Å². The Morgan fingerprint density at radius 3 is 2.73 bits per heavy atom. The number of carbonyl (C=O) groups is 1. The number of para-hydroxylation sites is 1. The number of thioether (sulfide) groups is 1. The van der Waals surface area contributed by atoms with Crippen LogP contribution in [-0.2, 0) is 11.3 Å². The second-order valence-corrected chi connectivity index (χ2v) is 10.2. The molecule has 2 aromatic heterocycles. The predicted octanol–water partition coefficient (Wildman–Crippen LogP) is 4.90. The van der Waals surface area contributed by atoms with Gasteiger partial charge in [0.2, 0.25) is 5.91 Å². The third-order valence-corrected chi connectivity index (χ3v) is 7.51. The van der Waals surface area contributed by atoms with Crippen LogP contribution < -0.4 is 5.32 Å². The number of hydrogen-bond acceptors (Lipinski definition) is 7. The van der Waals surface area contributed by atoms with Gasteiger partial charge in [-0.25, -0.2) is 4.98 Å². The molecule has 1 fully saturated rings. The number of thiazole rings is 1. The minimum atomic E-state index is -0.101. The highest BCUT2D eigenvalue weighted by Gasteiger charge is 2.19. The van der Waals surface area contributed by atoms with Crippen molar-refractivity contribution in [2.24, 2.45) is 0 Å². The molecular weight excluding hydrogens is 452 g/mol. The summed E-state index contributed by atoms with van der Waals surface area (Å²) in [6.07, 6.45) is 3.76. The van der Waals surface area contributed by atoms with Crippen molar-refractivity contribution in [1.29, 1.82) is 0 Å². The average molecular weight is 479 g/mol. The zero-order valence-corrected chi connectivity index (χ0v) is 20.2. The van der Waals surface area contributed by atoms with Crippen LogP contribution in [0.1, 0.15) is 30.7 Å². The Kier molecular flexibility index (Phi) is 6.70. The van der Waals surface area contributed by atoms with Gasteiger partial charge in [0, 0.05) is 5.69 Å². The predicted molar refractivity (Wildman–Crippen MR) is 134 cm³/mol. The van der Waals surface area contributed by atoms with E-state index in [1.807, 2.05) is 30.3 Å². The number of aromatic nitrogens is 4. The lowest BCUT2D eigenvalue weighted by Crippen LogP contribution is -2.30. The van der Waals surface area contributed by atoms with Crippen LogP contribution in [0.5, 0.6) is 0 Å². The lowest BCUT2D eigenvalue weighted by atomic mass is 10.1. The van der Waals surface area contributed by atoms with E-state index in [1.165, 1.54) is 47.9 Å². The number of nitrogens with one attached hydrogen (secondary N) is 1. The van der Waals surface area contributed by atoms with Crippen molar-refractivity contribution >= 4 is 44.4 Å². The number of rotatable bonds is 7. The normalized spacial score (nSPS) is 14.6. The van der Waals surface area contributed by atoms with Crippen molar-refractivity contribution in [3.8, 4) is 5.69 Å². The quantitative estimate of drug-likeness (QED) is 0.381. The maximum atomic E-state index is 12.7. The first kappa shape index (κ1) is 22.1. The molecule has 0 radical (unpaired) electrons. The lowest BCUT2D eigenvalue weighted by Gasteiger charge is -2.26. The summed E-state index contributed by atoms with van der Waals surface area (Å²) in [7, 11) is 0. The van der Waals surface area contributed by atoms with Crippen LogP contribution in [-0.4, -0.2) is 49.4 Å². The molecule has 0 bridgehead atoms. The van der Waals surface area contributed by atoms with E-state index in [2.05, 4.69) is 55.1 Å². The molecule has 1 amide bonds. The van der Waals surface area contributed by atoms with Crippen LogP contribution in [0.3, 0.4) is 0 Å². The zero-order chi connectivity index (χ0) is 22.6. The summed E-state index contributed by atoms with van der Waals surface area (Å²) >= 11 is 2.89. The highest BCUT2D eigenvalue weighted by atomic mass is 32.2. The lowest BCUT2D eigenvalue weighted by molar-refractivity contribution is -0.113. The maximum absolute atomic E-state index is 12.7. The number of aryl methyl sites for hydroxylation is 1. The van der Waals surface area contributed by atoms with Crippen molar-refractivity contribution in [1.82, 2.24) is 24.6 Å². The van der Waals surface area contributed by atoms with Crippen LogP contribution in [0, 0.1) is 6.92 Å². The molecule has 0 spiro atoms. The Hall–Kier alpha value is -2.75. The molecule has 0 atom stereocenters. The van der Waals surface area contributed by atoms with Gasteiger partial charge in [-0.05, 0) is 62.7 Å². The number of benzene rings is 2. The standard InChI is InChI=1S/C24H26N6OS2/c1-17-10-11-19-20(14-17)33-23(25-19)26-22(31)16-32-24-28-27-21(15-29-12-6-3-7-13-29)30(24)18-8-4-2-5-9-18/h2,4-5,8-11,14H,3,6-7,12-13,15-16H2,1H3,(H,25,26,31). The van der Waals surface area contributed by atoms with Crippen LogP contribution in [0.4, 0.5) is 5.13 Å². The first-order valence-electron chi connectivity index (χ1n) is 11.2. The molecular formula is C24H26N6OS2. The van der Waals surface area contributed by atoms with Gasteiger partial charge in [-0.15, -0.1) is 10.2 Å². The Morgan fingerprint density at radius 1 is 1.09 bits per heavy atom. The van der Waals surface area contributed by atoms with E-state index in [0.717, 1.165) is 46.5 Å². The second kappa shape index (κ2) is 10.0. The van der Waals surface area contributed by atoms with Gasteiger partial charge >= 0.3 is 0 Å². The molecule has 1 saturated heterocycles. The summed E-state index contributed by atoms with van der Waals surface area (Å²) in [4.78, 5) is 19.6. The van der Waals surface area contributed by atoms with E-state index >= 15 is 0 Å². The number of nitrogens with zero attached hydrogens (tertiary/aromatic N) is 5. The van der Waals surface area contributed by atoms with E-state index in [-0.39, 0.29) is 11.7 Å². The largest absolute Gasteiger partial charge is 0.301 e. The van der Waals surface area contributed by atoms with E-state index < -0.39 is 0 Å². The molecule has 1 aliphatic rings. The fourth-order valence-electron chi connectivity index (χ4n) is 4.02. The van der Waals surface area contributed by atoms with Gasteiger partial charge in [-0.3, -0.25) is 14.3 Å². The fraction of sp³-hybridized carbons (Fsp3) is 0.333. The summed E-state index contributed by atoms with van der Waals surface area (Å²) in [5, 5.41) is 13.2. The highest BCUT2D eigenvalue weighted by molar-refractivity contribution is 7.99. The molecule has 0 saturated carbocycles. The summed E-state index contributed by atoms with van der Waals surface area (Å²) in [6.45, 7) is 5.00. The molecule has 170 valence electrons. The van der Waals surface area contributed by atoms with Crippen molar-refractivity contribution in [2.45, 2.75) is 37.9 Å². The van der Waals surface area contributed by atoms with Gasteiger partial charge in [0.15, 0.2) is 16.1 Å². The van der Waals surface area contributed by atoms with Gasteiger partial charge < -0.3 is 5.32 Å². The molecule has 33 heavy (non-hydrogen) atoms. The molecule has 4 aromatic rings. The minimum Gasteiger partial charge on any atom is -0.301 e. The van der Waals surface area contributed by atoms with Crippen molar-refractivity contribution in [3.05, 3.63) is 59.9 Å². The number of anilines is 1. The van der Waals surface area contributed by atoms with Gasteiger partial charge in [0.1, 0.15) is 0 Å². The minimum absolute atomic E-state index is 0.101. The Morgan fingerprint density at radius 2 is 1.91 bits per heavy atom. The zero-order valence-electron chi connectivity index (χ0n) is 18.5. The first-order valence-corrected chi connectivity index (χ1v) is 13.0. The van der Waals surface area contributed by atoms with E-state index in [4.69, 9.17) is 0 Å². The van der Waals surface area contributed by atoms with Gasteiger partial charge in [0.05, 0.1) is 22.5 Å². The molecule has 3 heterocycles. The van der Waals surface area contributed by atoms with Gasteiger partial charge in [0.25, 0.3) is 0 Å². The van der Waals surface area contributed by atoms with Crippen LogP contribution in [0.15, 0.2) is 53.7 Å². The number of fused-ring (bicyclic) bond motifs is 1. The molecule has 0 aliphatic carbocycles. The third kappa shape index (κ3) is 5.26. The maximum Gasteiger partial charge on any atom is 0.236 e. The summed E-state index contributed by atoms with van der Waals surface area (Å²) < 4.78 is 3.15. The summed E-state index contributed by atoms with van der Waals surface area (Å²) in [5.74, 6) is 1.05. The SMILES string of the molecule is Cc1ccc2nc(NC(=O)CSc3nnc(CN4CCCCC4)n3-c3ccccc3)sc2c1. The van der Waals surface area contributed by atoms with Crippen molar-refractivity contribution in [3.63, 3.8) is 0 Å². The average Bonchev–Trinajstić information content (AvgIpc) is 3.41. The smallest absolute Gasteiger partial charge is 0.236 e. The van der Waals surface area contributed by atoms with E-state index in [9.17, 15) is 4.79 Å². The number of carbonyl (C=O) groups excluding carboxylic acids is 1. The number of likely N-dealkylation sites (tertiary alicyclic amines) is 1. The third-order valence-electron chi connectivity index (χ3n) is 5.65. The summed E-state index contributed by atoms with van der Waals surface area (Å²) in [6, 6.07) is 16.2. The first-order chi connectivity index (χ1) is 16.2. The highest BCUT2D eigenvalue weighted by Crippen LogP contribution is 2.28. The van der Waals surface area contributed by atoms with Gasteiger partial charge in [-0.1, -0.05) is 53.8 Å². The number of piperidine rings is 1. The van der Waals surface area contributed by atoms with Crippen molar-refractivity contribution < 1.29 is 4.79 Å². The summed E-state index contributed by atoms with van der Waals surface area (Å²) in [5.41, 5.74) is 3.10. The second-order valence-electron chi connectivity index (χ2n) is 8.23. The molecule has 0 unspecified atom stereocenters. The van der Waals surface area contributed by atoms with Crippen molar-refractivity contribution in [2.75, 3.05) is 24.2 Å². The van der Waals surface area contributed by atoms with E-state index in [0.29, 0.717) is 5.13 Å².